The fraction of sp³-hybridized carbons (Fsp3) is 0.444. The molecule has 0 fully saturated rings. The third kappa shape index (κ3) is 4.84. The second-order valence-electron chi connectivity index (χ2n) is 5.57. The predicted octanol–water partition coefficient (Wildman–Crippen LogP) is 2.27. The third-order valence-corrected chi connectivity index (χ3v) is 3.80. The van der Waals surface area contributed by atoms with E-state index in [4.69, 9.17) is 4.74 Å². The van der Waals surface area contributed by atoms with E-state index in [0.29, 0.717) is 38.2 Å². The molecule has 1 aromatic rings. The topological polar surface area (TPSA) is 58.6 Å². The number of carbonyl (C=O) groups excluding carboxylic acids is 2. The number of amides is 2. The first-order valence-electron chi connectivity index (χ1n) is 8.05. The molecule has 124 valence electrons. The molecule has 0 spiro atoms. The van der Waals surface area contributed by atoms with Gasteiger partial charge in [0.05, 0.1) is 6.54 Å². The standard InChI is InChI=1S/C18H24N2O3/c1-3-6-14(2)18(22)19-10-9-17(21)20-11-12-23-16-8-5-4-7-15(16)13-20/h4-8H,3,9-13H2,1-2H3,(H,19,22). The van der Waals surface area contributed by atoms with Crippen LogP contribution in [0.4, 0.5) is 0 Å². The summed E-state index contributed by atoms with van der Waals surface area (Å²) in [6.07, 6.45) is 3.00. The molecule has 0 radical (unpaired) electrons. The predicted molar refractivity (Wildman–Crippen MR) is 89.0 cm³/mol. The zero-order chi connectivity index (χ0) is 16.7. The Kier molecular flexibility index (Phi) is 6.20. The highest BCUT2D eigenvalue weighted by Gasteiger charge is 2.19. The van der Waals surface area contributed by atoms with Crippen LogP contribution in [0.15, 0.2) is 35.9 Å². The molecule has 0 unspecified atom stereocenters. The largest absolute Gasteiger partial charge is 0.491 e. The normalized spacial score (nSPS) is 14.5. The van der Waals surface area contributed by atoms with E-state index in [1.807, 2.05) is 37.3 Å². The molecule has 1 N–H and O–H groups in total. The first-order valence-corrected chi connectivity index (χ1v) is 8.05. The van der Waals surface area contributed by atoms with Crippen molar-refractivity contribution in [2.45, 2.75) is 33.2 Å². The number of ether oxygens (including phenoxy) is 1. The van der Waals surface area contributed by atoms with Crippen LogP contribution in [0.3, 0.4) is 0 Å². The van der Waals surface area contributed by atoms with Gasteiger partial charge in [-0.05, 0) is 19.4 Å². The number of hydrogen-bond donors (Lipinski definition) is 1. The van der Waals surface area contributed by atoms with Gasteiger partial charge in [0, 0.05) is 30.6 Å². The maximum atomic E-state index is 12.3. The minimum atomic E-state index is -0.107. The molecule has 1 heterocycles. The number of rotatable bonds is 5. The lowest BCUT2D eigenvalue weighted by molar-refractivity contribution is -0.131. The van der Waals surface area contributed by atoms with Crippen LogP contribution in [0.25, 0.3) is 0 Å². The molecule has 0 aromatic heterocycles. The summed E-state index contributed by atoms with van der Waals surface area (Å²) < 4.78 is 5.66. The molecule has 23 heavy (non-hydrogen) atoms. The first kappa shape index (κ1) is 17.1. The summed E-state index contributed by atoms with van der Waals surface area (Å²) >= 11 is 0. The highest BCUT2D eigenvalue weighted by Crippen LogP contribution is 2.22. The first-order chi connectivity index (χ1) is 11.1. The molecular formula is C18H24N2O3. The Labute approximate surface area is 137 Å². The minimum absolute atomic E-state index is 0.0303. The Morgan fingerprint density at radius 1 is 1.35 bits per heavy atom. The van der Waals surface area contributed by atoms with Gasteiger partial charge in [-0.15, -0.1) is 0 Å². The molecule has 2 rings (SSSR count). The van der Waals surface area contributed by atoms with E-state index in [1.165, 1.54) is 0 Å². The van der Waals surface area contributed by atoms with Crippen molar-refractivity contribution < 1.29 is 14.3 Å². The minimum Gasteiger partial charge on any atom is -0.491 e. The molecule has 1 aromatic carbocycles. The lowest BCUT2D eigenvalue weighted by atomic mass is 10.2. The van der Waals surface area contributed by atoms with Crippen LogP contribution in [0.2, 0.25) is 0 Å². The number of allylic oxidation sites excluding steroid dienone is 1. The Hall–Kier alpha value is -2.30. The van der Waals surface area contributed by atoms with Gasteiger partial charge >= 0.3 is 0 Å². The summed E-state index contributed by atoms with van der Waals surface area (Å²) in [6, 6.07) is 7.77. The maximum Gasteiger partial charge on any atom is 0.246 e. The Morgan fingerprint density at radius 3 is 2.91 bits per heavy atom. The van der Waals surface area contributed by atoms with Crippen molar-refractivity contribution in [2.24, 2.45) is 0 Å². The lowest BCUT2D eigenvalue weighted by Crippen LogP contribution is -2.35. The third-order valence-electron chi connectivity index (χ3n) is 3.80. The molecule has 0 aliphatic carbocycles. The summed E-state index contributed by atoms with van der Waals surface area (Å²) in [5.74, 6) is 0.767. The number of benzene rings is 1. The lowest BCUT2D eigenvalue weighted by Gasteiger charge is -2.20. The van der Waals surface area contributed by atoms with Crippen LogP contribution in [-0.2, 0) is 16.1 Å². The number of nitrogens with one attached hydrogen (secondary N) is 1. The summed E-state index contributed by atoms with van der Waals surface area (Å²) in [5, 5.41) is 2.79. The molecule has 5 heteroatoms. The van der Waals surface area contributed by atoms with Crippen molar-refractivity contribution in [3.8, 4) is 5.75 Å². The Morgan fingerprint density at radius 2 is 2.13 bits per heavy atom. The molecular weight excluding hydrogens is 292 g/mol. The van der Waals surface area contributed by atoms with Crippen LogP contribution in [0.5, 0.6) is 5.75 Å². The second kappa shape index (κ2) is 8.36. The van der Waals surface area contributed by atoms with E-state index in [9.17, 15) is 9.59 Å². The zero-order valence-electron chi connectivity index (χ0n) is 13.8. The molecule has 5 nitrogen and oxygen atoms in total. The fourth-order valence-electron chi connectivity index (χ4n) is 2.52. The molecule has 1 aliphatic heterocycles. The highest BCUT2D eigenvalue weighted by molar-refractivity contribution is 5.93. The monoisotopic (exact) mass is 316 g/mol. The van der Waals surface area contributed by atoms with Crippen molar-refractivity contribution in [1.29, 1.82) is 0 Å². The van der Waals surface area contributed by atoms with Gasteiger partial charge in [-0.2, -0.15) is 0 Å². The van der Waals surface area contributed by atoms with Gasteiger partial charge in [0.2, 0.25) is 11.8 Å². The number of para-hydroxylation sites is 1. The molecule has 0 saturated heterocycles. The van der Waals surface area contributed by atoms with E-state index < -0.39 is 0 Å². The average Bonchev–Trinajstić information content (AvgIpc) is 2.77. The smallest absolute Gasteiger partial charge is 0.246 e. The number of fused-ring (bicyclic) bond motifs is 1. The second-order valence-corrected chi connectivity index (χ2v) is 5.57. The van der Waals surface area contributed by atoms with Crippen molar-refractivity contribution >= 4 is 11.8 Å². The number of carbonyl (C=O) groups is 2. The van der Waals surface area contributed by atoms with Gasteiger partial charge in [-0.3, -0.25) is 9.59 Å². The molecule has 0 saturated carbocycles. The van der Waals surface area contributed by atoms with Crippen LogP contribution >= 0.6 is 0 Å². The van der Waals surface area contributed by atoms with Crippen LogP contribution in [0.1, 0.15) is 32.3 Å². The van der Waals surface area contributed by atoms with Crippen LogP contribution in [-0.4, -0.2) is 36.4 Å². The Balaban J connectivity index is 1.84. The zero-order valence-corrected chi connectivity index (χ0v) is 13.8. The number of hydrogen-bond acceptors (Lipinski definition) is 3. The molecule has 1 aliphatic rings. The van der Waals surface area contributed by atoms with Gasteiger partial charge in [-0.1, -0.05) is 31.2 Å². The maximum absolute atomic E-state index is 12.3. The highest BCUT2D eigenvalue weighted by atomic mass is 16.5. The molecule has 2 amide bonds. The number of nitrogens with zero attached hydrogens (tertiary/aromatic N) is 1. The van der Waals surface area contributed by atoms with Gasteiger partial charge in [-0.25, -0.2) is 0 Å². The van der Waals surface area contributed by atoms with Gasteiger partial charge in [0.25, 0.3) is 0 Å². The summed E-state index contributed by atoms with van der Waals surface area (Å²) in [6.45, 7) is 5.73. The molecule has 0 bridgehead atoms. The van der Waals surface area contributed by atoms with E-state index in [0.717, 1.165) is 17.7 Å². The van der Waals surface area contributed by atoms with Crippen LogP contribution in [0, 0.1) is 0 Å². The van der Waals surface area contributed by atoms with Crippen molar-refractivity contribution in [3.63, 3.8) is 0 Å². The molecule has 0 atom stereocenters. The van der Waals surface area contributed by atoms with Gasteiger partial charge < -0.3 is 15.0 Å². The van der Waals surface area contributed by atoms with E-state index in [2.05, 4.69) is 5.32 Å². The Bertz CT molecular complexity index is 596. The van der Waals surface area contributed by atoms with Crippen molar-refractivity contribution in [3.05, 3.63) is 41.5 Å². The fourth-order valence-corrected chi connectivity index (χ4v) is 2.52. The quantitative estimate of drug-likeness (QED) is 0.848. The van der Waals surface area contributed by atoms with E-state index >= 15 is 0 Å². The van der Waals surface area contributed by atoms with E-state index in [-0.39, 0.29) is 11.8 Å². The average molecular weight is 316 g/mol. The summed E-state index contributed by atoms with van der Waals surface area (Å²) in [4.78, 5) is 25.9. The SMILES string of the molecule is CCC=C(C)C(=O)NCCC(=O)N1CCOc2ccccc2C1. The van der Waals surface area contributed by atoms with Crippen molar-refractivity contribution in [1.82, 2.24) is 10.2 Å². The van der Waals surface area contributed by atoms with Gasteiger partial charge in [0.15, 0.2) is 0 Å². The van der Waals surface area contributed by atoms with Crippen molar-refractivity contribution in [2.75, 3.05) is 19.7 Å². The summed E-state index contributed by atoms with van der Waals surface area (Å²) in [7, 11) is 0. The van der Waals surface area contributed by atoms with E-state index in [1.54, 1.807) is 11.8 Å². The van der Waals surface area contributed by atoms with Crippen LogP contribution < -0.4 is 10.1 Å². The summed E-state index contributed by atoms with van der Waals surface area (Å²) in [5.41, 5.74) is 1.71. The van der Waals surface area contributed by atoms with Gasteiger partial charge in [0.1, 0.15) is 12.4 Å².